The Labute approximate surface area is 165 Å². The molecule has 1 aromatic heterocycles. The highest BCUT2D eigenvalue weighted by Crippen LogP contribution is 2.30. The minimum Gasteiger partial charge on any atom is -0.493 e. The van der Waals surface area contributed by atoms with Gasteiger partial charge in [-0.1, -0.05) is 17.3 Å². The molecule has 1 saturated heterocycles. The van der Waals surface area contributed by atoms with Crippen molar-refractivity contribution in [2.75, 3.05) is 27.3 Å². The number of nitrogens with zero attached hydrogens (tertiary/aromatic N) is 3. The van der Waals surface area contributed by atoms with Crippen molar-refractivity contribution >= 4 is 18.3 Å². The largest absolute Gasteiger partial charge is 0.493 e. The Bertz CT molecular complexity index is 774. The first-order valence-corrected chi connectivity index (χ1v) is 8.76. The normalized spacial score (nSPS) is 14.3. The lowest BCUT2D eigenvalue weighted by Crippen LogP contribution is -2.30. The standard InChI is InChI=1S/C18H25N5O3.ClH/c1-12-16(21-22-23(12)14-7-9-19-10-8-14)18(24)20-11-13-5-4-6-15(25-2)17(13)26-3;/h4-6,14,19H,7-11H2,1-3H3,(H,20,24);1H. The van der Waals surface area contributed by atoms with Crippen molar-refractivity contribution in [1.29, 1.82) is 0 Å². The lowest BCUT2D eigenvalue weighted by Gasteiger charge is -2.23. The van der Waals surface area contributed by atoms with Crippen LogP contribution in [-0.2, 0) is 6.54 Å². The van der Waals surface area contributed by atoms with Crippen LogP contribution in [0.4, 0.5) is 0 Å². The molecule has 9 heteroatoms. The number of halogens is 1. The Hall–Kier alpha value is -2.32. The van der Waals surface area contributed by atoms with Gasteiger partial charge in [0, 0.05) is 12.1 Å². The summed E-state index contributed by atoms with van der Waals surface area (Å²) in [5.41, 5.74) is 2.00. The monoisotopic (exact) mass is 395 g/mol. The van der Waals surface area contributed by atoms with E-state index < -0.39 is 0 Å². The van der Waals surface area contributed by atoms with Gasteiger partial charge in [0.1, 0.15) is 0 Å². The molecule has 1 aromatic carbocycles. The number of carbonyl (C=O) groups is 1. The van der Waals surface area contributed by atoms with Gasteiger partial charge in [0.25, 0.3) is 5.91 Å². The molecular weight excluding hydrogens is 370 g/mol. The van der Waals surface area contributed by atoms with Gasteiger partial charge in [-0.15, -0.1) is 17.5 Å². The van der Waals surface area contributed by atoms with E-state index in [9.17, 15) is 4.79 Å². The molecule has 0 bridgehead atoms. The van der Waals surface area contributed by atoms with E-state index in [1.165, 1.54) is 0 Å². The molecule has 0 spiro atoms. The molecule has 0 saturated carbocycles. The molecule has 2 aromatic rings. The molecule has 148 valence electrons. The molecule has 0 radical (unpaired) electrons. The van der Waals surface area contributed by atoms with Crippen LogP contribution in [0.25, 0.3) is 0 Å². The Morgan fingerprint density at radius 1 is 1.30 bits per heavy atom. The predicted octanol–water partition coefficient (Wildman–Crippen LogP) is 1.88. The van der Waals surface area contributed by atoms with Crippen LogP contribution in [-0.4, -0.2) is 48.2 Å². The molecule has 2 heterocycles. The van der Waals surface area contributed by atoms with Crippen molar-refractivity contribution in [2.45, 2.75) is 32.4 Å². The number of piperidine rings is 1. The summed E-state index contributed by atoms with van der Waals surface area (Å²) in [5, 5.41) is 14.5. The first-order valence-electron chi connectivity index (χ1n) is 8.76. The fourth-order valence-corrected chi connectivity index (χ4v) is 3.30. The lowest BCUT2D eigenvalue weighted by molar-refractivity contribution is 0.0945. The second kappa shape index (κ2) is 9.57. The highest BCUT2D eigenvalue weighted by Gasteiger charge is 2.23. The molecule has 27 heavy (non-hydrogen) atoms. The van der Waals surface area contributed by atoms with Crippen LogP contribution in [0.5, 0.6) is 11.5 Å². The Morgan fingerprint density at radius 3 is 2.70 bits per heavy atom. The Kier molecular flexibility index (Phi) is 7.44. The molecule has 2 N–H and O–H groups in total. The third-order valence-corrected chi connectivity index (χ3v) is 4.72. The van der Waals surface area contributed by atoms with Gasteiger partial charge in [-0.25, -0.2) is 4.68 Å². The summed E-state index contributed by atoms with van der Waals surface area (Å²) in [6, 6.07) is 5.87. The van der Waals surface area contributed by atoms with Gasteiger partial charge in [-0.2, -0.15) is 0 Å². The van der Waals surface area contributed by atoms with E-state index in [-0.39, 0.29) is 18.3 Å². The molecule has 3 rings (SSSR count). The molecule has 0 atom stereocenters. The summed E-state index contributed by atoms with van der Waals surface area (Å²) < 4.78 is 12.6. The highest BCUT2D eigenvalue weighted by molar-refractivity contribution is 5.93. The van der Waals surface area contributed by atoms with Gasteiger partial charge in [0.15, 0.2) is 17.2 Å². The summed E-state index contributed by atoms with van der Waals surface area (Å²) in [4.78, 5) is 12.6. The second-order valence-electron chi connectivity index (χ2n) is 6.28. The topological polar surface area (TPSA) is 90.3 Å². The molecule has 0 unspecified atom stereocenters. The number of ether oxygens (including phenoxy) is 2. The maximum absolute atomic E-state index is 12.6. The lowest BCUT2D eigenvalue weighted by atomic mass is 10.1. The zero-order chi connectivity index (χ0) is 18.5. The van der Waals surface area contributed by atoms with Gasteiger partial charge >= 0.3 is 0 Å². The number of hydrogen-bond donors (Lipinski definition) is 2. The number of carbonyl (C=O) groups excluding carboxylic acids is 1. The van der Waals surface area contributed by atoms with Gasteiger partial charge in [0.2, 0.25) is 0 Å². The van der Waals surface area contributed by atoms with E-state index in [1.807, 2.05) is 29.8 Å². The Morgan fingerprint density at radius 2 is 2.04 bits per heavy atom. The van der Waals surface area contributed by atoms with E-state index >= 15 is 0 Å². The maximum Gasteiger partial charge on any atom is 0.274 e. The first-order chi connectivity index (χ1) is 12.7. The van der Waals surface area contributed by atoms with E-state index in [0.717, 1.165) is 37.2 Å². The first kappa shape index (κ1) is 21.0. The summed E-state index contributed by atoms with van der Waals surface area (Å²) in [5.74, 6) is 1.00. The van der Waals surface area contributed by atoms with Crippen molar-refractivity contribution in [3.8, 4) is 11.5 Å². The summed E-state index contributed by atoms with van der Waals surface area (Å²) in [6.45, 7) is 4.13. The average Bonchev–Trinajstić information content (AvgIpc) is 3.07. The fraction of sp³-hybridized carbons (Fsp3) is 0.500. The minimum absolute atomic E-state index is 0. The zero-order valence-corrected chi connectivity index (χ0v) is 16.6. The number of aromatic nitrogens is 3. The van der Waals surface area contributed by atoms with Crippen LogP contribution in [0.2, 0.25) is 0 Å². The van der Waals surface area contributed by atoms with Gasteiger partial charge in [0.05, 0.1) is 26.0 Å². The molecule has 1 aliphatic rings. The predicted molar refractivity (Wildman–Crippen MR) is 104 cm³/mol. The molecule has 1 amide bonds. The molecule has 8 nitrogen and oxygen atoms in total. The Balaban J connectivity index is 0.00000261. The maximum atomic E-state index is 12.6. The SMILES string of the molecule is COc1cccc(CNC(=O)c2nnn(C3CCNCC3)c2C)c1OC.Cl. The van der Waals surface area contributed by atoms with Crippen LogP contribution in [0, 0.1) is 6.92 Å². The van der Waals surface area contributed by atoms with Crippen LogP contribution in [0.15, 0.2) is 18.2 Å². The van der Waals surface area contributed by atoms with Crippen molar-refractivity contribution in [3.63, 3.8) is 0 Å². The van der Waals surface area contributed by atoms with Crippen molar-refractivity contribution in [2.24, 2.45) is 0 Å². The molecule has 1 aliphatic heterocycles. The number of rotatable bonds is 6. The molecular formula is C18H26ClN5O3. The van der Waals surface area contributed by atoms with E-state index in [0.29, 0.717) is 29.8 Å². The number of nitrogens with one attached hydrogen (secondary N) is 2. The van der Waals surface area contributed by atoms with Gasteiger partial charge < -0.3 is 20.1 Å². The van der Waals surface area contributed by atoms with Crippen molar-refractivity contribution in [3.05, 3.63) is 35.2 Å². The number of benzene rings is 1. The number of para-hydroxylation sites is 1. The van der Waals surface area contributed by atoms with E-state index in [1.54, 1.807) is 14.2 Å². The van der Waals surface area contributed by atoms with E-state index in [4.69, 9.17) is 9.47 Å². The summed E-state index contributed by atoms with van der Waals surface area (Å²) in [7, 11) is 3.17. The minimum atomic E-state index is -0.243. The summed E-state index contributed by atoms with van der Waals surface area (Å²) >= 11 is 0. The number of amides is 1. The van der Waals surface area contributed by atoms with Crippen LogP contribution >= 0.6 is 12.4 Å². The molecule has 1 fully saturated rings. The van der Waals surface area contributed by atoms with Crippen LogP contribution in [0.1, 0.15) is 40.6 Å². The summed E-state index contributed by atoms with van der Waals surface area (Å²) in [6.07, 6.45) is 1.98. The van der Waals surface area contributed by atoms with Crippen molar-refractivity contribution < 1.29 is 14.3 Å². The number of methoxy groups -OCH3 is 2. The second-order valence-corrected chi connectivity index (χ2v) is 6.28. The average molecular weight is 396 g/mol. The third kappa shape index (κ3) is 4.51. The van der Waals surface area contributed by atoms with Crippen LogP contribution in [0.3, 0.4) is 0 Å². The van der Waals surface area contributed by atoms with Crippen LogP contribution < -0.4 is 20.1 Å². The van der Waals surface area contributed by atoms with Crippen molar-refractivity contribution in [1.82, 2.24) is 25.6 Å². The fourth-order valence-electron chi connectivity index (χ4n) is 3.30. The van der Waals surface area contributed by atoms with E-state index in [2.05, 4.69) is 20.9 Å². The number of hydrogen-bond acceptors (Lipinski definition) is 6. The van der Waals surface area contributed by atoms with Gasteiger partial charge in [-0.05, 0) is 38.9 Å². The zero-order valence-electron chi connectivity index (χ0n) is 15.8. The smallest absolute Gasteiger partial charge is 0.274 e. The third-order valence-electron chi connectivity index (χ3n) is 4.72. The molecule has 0 aliphatic carbocycles. The quantitative estimate of drug-likeness (QED) is 0.776. The highest BCUT2D eigenvalue weighted by atomic mass is 35.5. The van der Waals surface area contributed by atoms with Gasteiger partial charge in [-0.3, -0.25) is 4.79 Å².